The Hall–Kier alpha value is -2.24. The van der Waals surface area contributed by atoms with Crippen LogP contribution in [0, 0.1) is 5.92 Å². The van der Waals surface area contributed by atoms with Crippen LogP contribution in [0.15, 0.2) is 29.3 Å². The van der Waals surface area contributed by atoms with E-state index in [9.17, 15) is 4.79 Å². The standard InChI is InChI=1S/C20H32N4O2/c1-5-21-19(23-13-12-22-18(25)15-6-7-15)24-14-20(2,3)16-8-10-17(26-4)11-9-16/h8-11,15H,5-7,12-14H2,1-4H3,(H,22,25)(H2,21,23,24). The quantitative estimate of drug-likeness (QED) is 0.358. The number of methoxy groups -OCH3 is 1. The molecule has 1 aromatic carbocycles. The third-order valence-electron chi connectivity index (χ3n) is 4.51. The number of rotatable bonds is 9. The highest BCUT2D eigenvalue weighted by Gasteiger charge is 2.29. The number of hydrogen-bond donors (Lipinski definition) is 3. The molecule has 0 aliphatic heterocycles. The van der Waals surface area contributed by atoms with E-state index in [4.69, 9.17) is 9.73 Å². The second-order valence-electron chi connectivity index (χ2n) is 7.30. The molecule has 1 fully saturated rings. The molecule has 0 spiro atoms. The molecule has 1 aliphatic rings. The second kappa shape index (κ2) is 9.46. The minimum atomic E-state index is -0.0885. The highest BCUT2D eigenvalue weighted by Crippen LogP contribution is 2.28. The van der Waals surface area contributed by atoms with Crippen molar-refractivity contribution in [3.63, 3.8) is 0 Å². The summed E-state index contributed by atoms with van der Waals surface area (Å²) in [5.74, 6) is 2.06. The normalized spacial score (nSPS) is 14.7. The molecule has 0 unspecified atom stereocenters. The molecule has 1 saturated carbocycles. The highest BCUT2D eigenvalue weighted by atomic mass is 16.5. The summed E-state index contributed by atoms with van der Waals surface area (Å²) < 4.78 is 5.22. The maximum absolute atomic E-state index is 11.6. The lowest BCUT2D eigenvalue weighted by molar-refractivity contribution is -0.122. The van der Waals surface area contributed by atoms with Gasteiger partial charge in [0.1, 0.15) is 5.75 Å². The second-order valence-corrected chi connectivity index (χ2v) is 7.30. The van der Waals surface area contributed by atoms with Gasteiger partial charge in [-0.2, -0.15) is 0 Å². The Bertz CT molecular complexity index is 607. The molecule has 6 heteroatoms. The minimum Gasteiger partial charge on any atom is -0.497 e. The van der Waals surface area contributed by atoms with Crippen LogP contribution < -0.4 is 20.7 Å². The van der Waals surface area contributed by atoms with Gasteiger partial charge in [0.15, 0.2) is 5.96 Å². The van der Waals surface area contributed by atoms with Crippen molar-refractivity contribution in [2.24, 2.45) is 10.9 Å². The maximum Gasteiger partial charge on any atom is 0.223 e. The molecule has 1 aliphatic carbocycles. The van der Waals surface area contributed by atoms with E-state index < -0.39 is 0 Å². The molecule has 0 heterocycles. The van der Waals surface area contributed by atoms with E-state index in [1.807, 2.05) is 19.1 Å². The van der Waals surface area contributed by atoms with E-state index in [2.05, 4.69) is 41.9 Å². The van der Waals surface area contributed by atoms with Gasteiger partial charge in [-0.05, 0) is 37.5 Å². The number of hydrogen-bond acceptors (Lipinski definition) is 3. The van der Waals surface area contributed by atoms with E-state index in [-0.39, 0.29) is 17.2 Å². The number of nitrogens with one attached hydrogen (secondary N) is 3. The Morgan fingerprint density at radius 1 is 1.15 bits per heavy atom. The Labute approximate surface area is 156 Å². The molecule has 0 saturated heterocycles. The number of carbonyl (C=O) groups is 1. The Kier molecular flexibility index (Phi) is 7.30. The van der Waals surface area contributed by atoms with Crippen LogP contribution in [0.3, 0.4) is 0 Å². The third-order valence-corrected chi connectivity index (χ3v) is 4.51. The summed E-state index contributed by atoms with van der Waals surface area (Å²) in [6.45, 7) is 9.12. The summed E-state index contributed by atoms with van der Waals surface area (Å²) in [5.41, 5.74) is 1.13. The van der Waals surface area contributed by atoms with Gasteiger partial charge < -0.3 is 20.7 Å². The Morgan fingerprint density at radius 3 is 2.38 bits per heavy atom. The largest absolute Gasteiger partial charge is 0.497 e. The lowest BCUT2D eigenvalue weighted by Crippen LogP contribution is -2.42. The van der Waals surface area contributed by atoms with Crippen molar-refractivity contribution in [1.29, 1.82) is 0 Å². The first-order valence-electron chi connectivity index (χ1n) is 9.40. The monoisotopic (exact) mass is 360 g/mol. The van der Waals surface area contributed by atoms with Crippen LogP contribution in [0.5, 0.6) is 5.75 Å². The van der Waals surface area contributed by atoms with Gasteiger partial charge in [0.05, 0.1) is 13.7 Å². The Balaban J connectivity index is 1.85. The molecule has 0 bridgehead atoms. The lowest BCUT2D eigenvalue weighted by atomic mass is 9.85. The lowest BCUT2D eigenvalue weighted by Gasteiger charge is -2.24. The first-order chi connectivity index (χ1) is 12.5. The smallest absolute Gasteiger partial charge is 0.223 e. The fourth-order valence-corrected chi connectivity index (χ4v) is 2.61. The number of carbonyl (C=O) groups excluding carboxylic acids is 1. The van der Waals surface area contributed by atoms with Gasteiger partial charge in [0.2, 0.25) is 5.91 Å². The molecule has 1 amide bonds. The Morgan fingerprint density at radius 2 is 1.81 bits per heavy atom. The number of aliphatic imine (C=N–C) groups is 1. The van der Waals surface area contributed by atoms with Gasteiger partial charge in [-0.15, -0.1) is 0 Å². The number of benzene rings is 1. The van der Waals surface area contributed by atoms with Crippen molar-refractivity contribution in [1.82, 2.24) is 16.0 Å². The first kappa shape index (κ1) is 20.1. The molecule has 0 aromatic heterocycles. The predicted molar refractivity (Wildman–Crippen MR) is 106 cm³/mol. The molecule has 1 aromatic rings. The summed E-state index contributed by atoms with van der Waals surface area (Å²) in [4.78, 5) is 16.4. The molecule has 0 atom stereocenters. The summed E-state index contributed by atoms with van der Waals surface area (Å²) in [7, 11) is 1.67. The molecule has 2 rings (SSSR count). The molecule has 26 heavy (non-hydrogen) atoms. The van der Waals surface area contributed by atoms with Crippen molar-refractivity contribution < 1.29 is 9.53 Å². The highest BCUT2D eigenvalue weighted by molar-refractivity contribution is 5.81. The van der Waals surface area contributed by atoms with Crippen LogP contribution in [0.4, 0.5) is 0 Å². The summed E-state index contributed by atoms with van der Waals surface area (Å²) in [6.07, 6.45) is 2.06. The van der Waals surface area contributed by atoms with E-state index in [0.29, 0.717) is 19.6 Å². The van der Waals surface area contributed by atoms with Gasteiger partial charge >= 0.3 is 0 Å². The molecule has 144 valence electrons. The zero-order valence-electron chi connectivity index (χ0n) is 16.4. The van der Waals surface area contributed by atoms with Crippen LogP contribution in [-0.4, -0.2) is 45.2 Å². The van der Waals surface area contributed by atoms with Crippen LogP contribution in [0.25, 0.3) is 0 Å². The fourth-order valence-electron chi connectivity index (χ4n) is 2.61. The van der Waals surface area contributed by atoms with E-state index in [1.54, 1.807) is 7.11 Å². The molecular weight excluding hydrogens is 328 g/mol. The zero-order chi connectivity index (χ0) is 19.0. The number of amides is 1. The minimum absolute atomic E-state index is 0.0885. The molecule has 0 radical (unpaired) electrons. The fraction of sp³-hybridized carbons (Fsp3) is 0.600. The van der Waals surface area contributed by atoms with E-state index in [1.165, 1.54) is 5.56 Å². The van der Waals surface area contributed by atoms with Crippen LogP contribution in [0.2, 0.25) is 0 Å². The van der Waals surface area contributed by atoms with Crippen molar-refractivity contribution in [3.05, 3.63) is 29.8 Å². The van der Waals surface area contributed by atoms with Crippen LogP contribution >= 0.6 is 0 Å². The first-order valence-corrected chi connectivity index (χ1v) is 9.40. The summed E-state index contributed by atoms with van der Waals surface area (Å²) in [5, 5.41) is 9.49. The van der Waals surface area contributed by atoms with Gasteiger partial charge in [-0.1, -0.05) is 26.0 Å². The van der Waals surface area contributed by atoms with Crippen molar-refractivity contribution in [2.75, 3.05) is 33.3 Å². The van der Waals surface area contributed by atoms with Crippen molar-refractivity contribution >= 4 is 11.9 Å². The van der Waals surface area contributed by atoms with E-state index >= 15 is 0 Å². The maximum atomic E-state index is 11.6. The third kappa shape index (κ3) is 6.24. The van der Waals surface area contributed by atoms with Gasteiger partial charge in [0, 0.05) is 31.0 Å². The number of ether oxygens (including phenoxy) is 1. The average molecular weight is 361 g/mol. The van der Waals surface area contributed by atoms with Gasteiger partial charge in [0.25, 0.3) is 0 Å². The molecule has 3 N–H and O–H groups in total. The van der Waals surface area contributed by atoms with Crippen LogP contribution in [-0.2, 0) is 10.2 Å². The van der Waals surface area contributed by atoms with Gasteiger partial charge in [-0.25, -0.2) is 0 Å². The van der Waals surface area contributed by atoms with E-state index in [0.717, 1.165) is 31.1 Å². The number of nitrogens with zero attached hydrogens (tertiary/aromatic N) is 1. The van der Waals surface area contributed by atoms with Crippen LogP contribution in [0.1, 0.15) is 39.2 Å². The SMILES string of the molecule is CCNC(=NCC(C)(C)c1ccc(OC)cc1)NCCNC(=O)C1CC1. The average Bonchev–Trinajstić information content (AvgIpc) is 3.48. The van der Waals surface area contributed by atoms with Crippen molar-refractivity contribution in [2.45, 2.75) is 39.0 Å². The van der Waals surface area contributed by atoms with Crippen molar-refractivity contribution in [3.8, 4) is 5.75 Å². The molecule has 6 nitrogen and oxygen atoms in total. The topological polar surface area (TPSA) is 74.8 Å². The van der Waals surface area contributed by atoms with Gasteiger partial charge in [-0.3, -0.25) is 9.79 Å². The molecular formula is C20H32N4O2. The summed E-state index contributed by atoms with van der Waals surface area (Å²) in [6, 6.07) is 8.13. The number of guanidine groups is 1. The predicted octanol–water partition coefficient (Wildman–Crippen LogP) is 2.05. The zero-order valence-corrected chi connectivity index (χ0v) is 16.4. The summed E-state index contributed by atoms with van der Waals surface area (Å²) >= 11 is 0.